The zero-order valence-electron chi connectivity index (χ0n) is 12.6. The SMILES string of the molecule is COc1ccc(C(=N)N)cc1CSc1ccc(C)c(C)c1. The number of benzene rings is 2. The van der Waals surface area contributed by atoms with Crippen molar-refractivity contribution in [2.24, 2.45) is 5.73 Å². The molecular formula is C17H20N2OS. The Labute approximate surface area is 130 Å². The van der Waals surface area contributed by atoms with Crippen LogP contribution in [0, 0.1) is 19.3 Å². The van der Waals surface area contributed by atoms with E-state index in [1.54, 1.807) is 18.9 Å². The Morgan fingerprint density at radius 1 is 1.14 bits per heavy atom. The van der Waals surface area contributed by atoms with E-state index in [0.29, 0.717) is 0 Å². The molecule has 0 radical (unpaired) electrons. The van der Waals surface area contributed by atoms with Gasteiger partial charge in [0.05, 0.1) is 7.11 Å². The lowest BCUT2D eigenvalue weighted by Gasteiger charge is -2.11. The molecule has 3 N–H and O–H groups in total. The minimum absolute atomic E-state index is 0.0788. The predicted octanol–water partition coefficient (Wildman–Crippen LogP) is 3.89. The van der Waals surface area contributed by atoms with E-state index >= 15 is 0 Å². The van der Waals surface area contributed by atoms with Crippen LogP contribution in [0.5, 0.6) is 5.75 Å². The first kappa shape index (κ1) is 15.4. The molecular weight excluding hydrogens is 280 g/mol. The molecule has 0 atom stereocenters. The number of amidine groups is 1. The highest BCUT2D eigenvalue weighted by atomic mass is 32.2. The first-order chi connectivity index (χ1) is 10.0. The summed E-state index contributed by atoms with van der Waals surface area (Å²) in [5, 5.41) is 7.54. The highest BCUT2D eigenvalue weighted by Crippen LogP contribution is 2.29. The van der Waals surface area contributed by atoms with Crippen LogP contribution in [0.4, 0.5) is 0 Å². The highest BCUT2D eigenvalue weighted by molar-refractivity contribution is 7.98. The minimum atomic E-state index is 0.0788. The molecule has 2 rings (SSSR count). The number of thioether (sulfide) groups is 1. The number of nitrogens with one attached hydrogen (secondary N) is 1. The normalized spacial score (nSPS) is 10.4. The first-order valence-corrected chi connectivity index (χ1v) is 7.71. The standard InChI is InChI=1S/C17H20N2OS/c1-11-4-6-15(8-12(11)2)21-10-14-9-13(17(18)19)5-7-16(14)20-3/h4-9H,10H2,1-3H3,(H3,18,19). The summed E-state index contributed by atoms with van der Waals surface area (Å²) in [6.45, 7) is 4.24. The molecule has 0 aliphatic heterocycles. The van der Waals surface area contributed by atoms with E-state index in [9.17, 15) is 0 Å². The van der Waals surface area contributed by atoms with Crippen LogP contribution >= 0.6 is 11.8 Å². The van der Waals surface area contributed by atoms with Gasteiger partial charge in [-0.3, -0.25) is 5.41 Å². The molecule has 0 bridgehead atoms. The summed E-state index contributed by atoms with van der Waals surface area (Å²) in [6, 6.07) is 12.1. The fraction of sp³-hybridized carbons (Fsp3) is 0.235. The van der Waals surface area contributed by atoms with Gasteiger partial charge in [0.25, 0.3) is 0 Å². The zero-order chi connectivity index (χ0) is 15.4. The maximum absolute atomic E-state index is 7.54. The van der Waals surface area contributed by atoms with E-state index in [1.165, 1.54) is 16.0 Å². The fourth-order valence-corrected chi connectivity index (χ4v) is 3.00. The van der Waals surface area contributed by atoms with Crippen LogP contribution in [0.2, 0.25) is 0 Å². The Kier molecular flexibility index (Phi) is 4.91. The lowest BCUT2D eigenvalue weighted by atomic mass is 10.1. The van der Waals surface area contributed by atoms with Crippen molar-refractivity contribution in [3.8, 4) is 5.75 Å². The van der Waals surface area contributed by atoms with Crippen LogP contribution in [0.1, 0.15) is 22.3 Å². The van der Waals surface area contributed by atoms with Crippen molar-refractivity contribution >= 4 is 17.6 Å². The van der Waals surface area contributed by atoms with Gasteiger partial charge in [-0.05, 0) is 55.3 Å². The number of nitrogen functional groups attached to an aromatic ring is 1. The third kappa shape index (κ3) is 3.79. The molecule has 0 unspecified atom stereocenters. The van der Waals surface area contributed by atoms with Crippen LogP contribution in [0.25, 0.3) is 0 Å². The monoisotopic (exact) mass is 300 g/mol. The Balaban J connectivity index is 2.19. The smallest absolute Gasteiger partial charge is 0.122 e. The van der Waals surface area contributed by atoms with Gasteiger partial charge in [-0.25, -0.2) is 0 Å². The molecule has 0 fully saturated rings. The van der Waals surface area contributed by atoms with Crippen LogP contribution in [-0.2, 0) is 5.75 Å². The molecule has 3 nitrogen and oxygen atoms in total. The van der Waals surface area contributed by atoms with Crippen molar-refractivity contribution in [1.29, 1.82) is 5.41 Å². The average Bonchev–Trinajstić information content (AvgIpc) is 2.48. The Bertz CT molecular complexity index is 668. The van der Waals surface area contributed by atoms with E-state index in [0.717, 1.165) is 22.6 Å². The van der Waals surface area contributed by atoms with Crippen LogP contribution in [-0.4, -0.2) is 12.9 Å². The highest BCUT2D eigenvalue weighted by Gasteiger charge is 2.07. The summed E-state index contributed by atoms with van der Waals surface area (Å²) >= 11 is 1.76. The van der Waals surface area contributed by atoms with Gasteiger partial charge in [0.15, 0.2) is 0 Å². The van der Waals surface area contributed by atoms with E-state index in [4.69, 9.17) is 15.9 Å². The molecule has 0 aliphatic rings. The quantitative estimate of drug-likeness (QED) is 0.500. The molecule has 110 valence electrons. The molecule has 0 saturated heterocycles. The van der Waals surface area contributed by atoms with Crippen molar-refractivity contribution in [2.45, 2.75) is 24.5 Å². The largest absolute Gasteiger partial charge is 0.496 e. The molecule has 2 aromatic carbocycles. The molecule has 0 amide bonds. The maximum atomic E-state index is 7.54. The van der Waals surface area contributed by atoms with Crippen LogP contribution in [0.3, 0.4) is 0 Å². The van der Waals surface area contributed by atoms with Crippen molar-refractivity contribution in [1.82, 2.24) is 0 Å². The summed E-state index contributed by atoms with van der Waals surface area (Å²) in [5.74, 6) is 1.69. The second-order valence-corrected chi connectivity index (χ2v) is 6.02. The Morgan fingerprint density at radius 2 is 1.90 bits per heavy atom. The summed E-state index contributed by atoms with van der Waals surface area (Å²) in [5.41, 5.74) is 9.93. The van der Waals surface area contributed by atoms with Gasteiger partial charge in [0.2, 0.25) is 0 Å². The minimum Gasteiger partial charge on any atom is -0.496 e. The second-order valence-electron chi connectivity index (χ2n) is 4.98. The van der Waals surface area contributed by atoms with Gasteiger partial charge in [-0.1, -0.05) is 6.07 Å². The second kappa shape index (κ2) is 6.68. The van der Waals surface area contributed by atoms with Gasteiger partial charge >= 0.3 is 0 Å². The van der Waals surface area contributed by atoms with Crippen molar-refractivity contribution in [2.75, 3.05) is 7.11 Å². The van der Waals surface area contributed by atoms with Crippen molar-refractivity contribution in [3.05, 3.63) is 58.7 Å². The lowest BCUT2D eigenvalue weighted by molar-refractivity contribution is 0.411. The summed E-state index contributed by atoms with van der Waals surface area (Å²) in [6.07, 6.45) is 0. The summed E-state index contributed by atoms with van der Waals surface area (Å²) in [7, 11) is 1.66. The predicted molar refractivity (Wildman–Crippen MR) is 89.5 cm³/mol. The number of rotatable bonds is 5. The number of methoxy groups -OCH3 is 1. The Hall–Kier alpha value is -1.94. The first-order valence-electron chi connectivity index (χ1n) is 6.72. The number of hydrogen-bond donors (Lipinski definition) is 2. The topological polar surface area (TPSA) is 59.1 Å². The number of ether oxygens (including phenoxy) is 1. The number of nitrogens with two attached hydrogens (primary N) is 1. The van der Waals surface area contributed by atoms with Crippen molar-refractivity contribution in [3.63, 3.8) is 0 Å². The summed E-state index contributed by atoms with van der Waals surface area (Å²) in [4.78, 5) is 1.23. The fourth-order valence-electron chi connectivity index (χ4n) is 2.02. The molecule has 21 heavy (non-hydrogen) atoms. The van der Waals surface area contributed by atoms with E-state index in [1.807, 2.05) is 18.2 Å². The molecule has 0 saturated carbocycles. The van der Waals surface area contributed by atoms with Crippen molar-refractivity contribution < 1.29 is 4.74 Å². The lowest BCUT2D eigenvalue weighted by Crippen LogP contribution is -2.11. The van der Waals surface area contributed by atoms with E-state index < -0.39 is 0 Å². The van der Waals surface area contributed by atoms with Gasteiger partial charge < -0.3 is 10.5 Å². The average molecular weight is 300 g/mol. The van der Waals surface area contributed by atoms with Gasteiger partial charge in [0, 0.05) is 21.8 Å². The van der Waals surface area contributed by atoms with Gasteiger partial charge in [0.1, 0.15) is 11.6 Å². The molecule has 0 heterocycles. The number of aryl methyl sites for hydroxylation is 2. The third-order valence-electron chi connectivity index (χ3n) is 3.46. The zero-order valence-corrected chi connectivity index (χ0v) is 13.4. The molecule has 4 heteroatoms. The molecule has 0 aliphatic carbocycles. The van der Waals surface area contributed by atoms with Gasteiger partial charge in [-0.15, -0.1) is 11.8 Å². The molecule has 0 spiro atoms. The van der Waals surface area contributed by atoms with E-state index in [2.05, 4.69) is 32.0 Å². The van der Waals surface area contributed by atoms with Crippen LogP contribution in [0.15, 0.2) is 41.3 Å². The van der Waals surface area contributed by atoms with E-state index in [-0.39, 0.29) is 5.84 Å². The van der Waals surface area contributed by atoms with Crippen LogP contribution < -0.4 is 10.5 Å². The van der Waals surface area contributed by atoms with Gasteiger partial charge in [-0.2, -0.15) is 0 Å². The molecule has 0 aromatic heterocycles. The summed E-state index contributed by atoms with van der Waals surface area (Å²) < 4.78 is 5.39. The maximum Gasteiger partial charge on any atom is 0.122 e. The third-order valence-corrected chi connectivity index (χ3v) is 4.51. The molecule has 2 aromatic rings. The number of hydrogen-bond acceptors (Lipinski definition) is 3. The Morgan fingerprint density at radius 3 is 2.52 bits per heavy atom.